The van der Waals surface area contributed by atoms with E-state index in [1.54, 1.807) is 24.3 Å². The van der Waals surface area contributed by atoms with Crippen LogP contribution in [0.2, 0.25) is 5.02 Å². The topological polar surface area (TPSA) is 102 Å². The molecular weight excluding hydrogens is 320 g/mol. The molecule has 1 aliphatic carbocycles. The molecule has 7 heteroatoms. The van der Waals surface area contributed by atoms with Crippen LogP contribution < -0.4 is 5.73 Å². The van der Waals surface area contributed by atoms with Crippen molar-refractivity contribution in [2.45, 2.75) is 12.3 Å². The van der Waals surface area contributed by atoms with E-state index in [4.69, 9.17) is 26.8 Å². The second kappa shape index (κ2) is 6.31. The summed E-state index contributed by atoms with van der Waals surface area (Å²) in [4.78, 5) is 24.5. The largest absolute Gasteiger partial charge is 0.468 e. The molecule has 0 heterocycles. The second-order valence-electron chi connectivity index (χ2n) is 5.14. The predicted octanol–water partition coefficient (Wildman–Crippen LogP) is 1.90. The summed E-state index contributed by atoms with van der Waals surface area (Å²) in [6, 6.07) is 8.77. The van der Waals surface area contributed by atoms with Crippen LogP contribution in [0.4, 0.5) is 0 Å². The monoisotopic (exact) mass is 334 g/mol. The molecule has 1 atom stereocenters. The summed E-state index contributed by atoms with van der Waals surface area (Å²) in [5.41, 5.74) is 4.96. The summed E-state index contributed by atoms with van der Waals surface area (Å²) >= 11 is 5.87. The van der Waals surface area contributed by atoms with E-state index in [1.807, 2.05) is 6.07 Å². The third kappa shape index (κ3) is 2.53. The van der Waals surface area contributed by atoms with Crippen molar-refractivity contribution in [3.05, 3.63) is 46.1 Å². The van der Waals surface area contributed by atoms with Gasteiger partial charge in [0.2, 0.25) is 5.41 Å². The molecule has 1 aromatic carbocycles. The summed E-state index contributed by atoms with van der Waals surface area (Å²) in [6.07, 6.45) is -0.0251. The van der Waals surface area contributed by atoms with Crippen molar-refractivity contribution in [1.82, 2.24) is 0 Å². The molecule has 0 saturated heterocycles. The molecule has 0 bridgehead atoms. The van der Waals surface area contributed by atoms with Crippen LogP contribution in [0.25, 0.3) is 0 Å². The van der Waals surface area contributed by atoms with Crippen molar-refractivity contribution in [2.24, 2.45) is 11.1 Å². The van der Waals surface area contributed by atoms with Gasteiger partial charge in [-0.05, 0) is 24.1 Å². The van der Waals surface area contributed by atoms with Crippen LogP contribution in [-0.4, -0.2) is 26.2 Å². The first-order valence-electron chi connectivity index (χ1n) is 6.74. The highest BCUT2D eigenvalue weighted by atomic mass is 35.5. The number of rotatable bonds is 3. The van der Waals surface area contributed by atoms with Crippen LogP contribution in [0.1, 0.15) is 17.9 Å². The molecule has 2 N–H and O–H groups in total. The summed E-state index contributed by atoms with van der Waals surface area (Å²) < 4.78 is 9.49. The molecule has 23 heavy (non-hydrogen) atoms. The first kappa shape index (κ1) is 16.8. The number of carbonyl (C=O) groups excluding carboxylic acids is 2. The molecule has 6 nitrogen and oxygen atoms in total. The zero-order valence-corrected chi connectivity index (χ0v) is 13.4. The van der Waals surface area contributed by atoms with Gasteiger partial charge in [-0.3, -0.25) is 9.59 Å². The Hall–Kier alpha value is -2.52. The van der Waals surface area contributed by atoms with Crippen LogP contribution >= 0.6 is 11.6 Å². The zero-order valence-electron chi connectivity index (χ0n) is 12.6. The van der Waals surface area contributed by atoms with Crippen molar-refractivity contribution in [3.8, 4) is 6.07 Å². The number of methoxy groups -OCH3 is 2. The van der Waals surface area contributed by atoms with Gasteiger partial charge in [0.15, 0.2) is 0 Å². The lowest BCUT2D eigenvalue weighted by Crippen LogP contribution is -2.43. The molecule has 0 saturated carbocycles. The van der Waals surface area contributed by atoms with Gasteiger partial charge in [0.25, 0.3) is 0 Å². The molecule has 0 aliphatic heterocycles. The number of nitriles is 1. The summed E-state index contributed by atoms with van der Waals surface area (Å²) in [7, 11) is 2.31. The summed E-state index contributed by atoms with van der Waals surface area (Å²) in [6.45, 7) is 0. The molecular formula is C16H15ClN2O4. The van der Waals surface area contributed by atoms with E-state index in [-0.39, 0.29) is 17.7 Å². The number of halogens is 1. The van der Waals surface area contributed by atoms with Crippen LogP contribution in [-0.2, 0) is 19.1 Å². The Labute approximate surface area is 138 Å². The molecule has 120 valence electrons. The van der Waals surface area contributed by atoms with Crippen molar-refractivity contribution in [2.75, 3.05) is 14.2 Å². The Morgan fingerprint density at radius 2 is 1.78 bits per heavy atom. The number of hydrogen-bond donors (Lipinski definition) is 1. The lowest BCUT2D eigenvalue weighted by Gasteiger charge is -2.25. The number of esters is 2. The maximum Gasteiger partial charge on any atom is 0.329 e. The fourth-order valence-corrected chi connectivity index (χ4v) is 3.00. The molecule has 2 rings (SSSR count). The zero-order chi connectivity index (χ0) is 17.2. The molecule has 1 aliphatic rings. The molecule has 0 fully saturated rings. The van der Waals surface area contributed by atoms with Gasteiger partial charge in [0.1, 0.15) is 0 Å². The number of benzene rings is 1. The lowest BCUT2D eigenvalue weighted by molar-refractivity contribution is -0.166. The maximum absolute atomic E-state index is 12.3. The summed E-state index contributed by atoms with van der Waals surface area (Å²) in [5, 5.41) is 9.98. The van der Waals surface area contributed by atoms with E-state index < -0.39 is 23.3 Å². The van der Waals surface area contributed by atoms with E-state index in [0.717, 1.165) is 19.8 Å². The predicted molar refractivity (Wildman–Crippen MR) is 82.1 cm³/mol. The van der Waals surface area contributed by atoms with Crippen LogP contribution in [0.3, 0.4) is 0 Å². The third-order valence-corrected chi connectivity index (χ3v) is 4.32. The van der Waals surface area contributed by atoms with Crippen LogP contribution in [0, 0.1) is 16.7 Å². The van der Waals surface area contributed by atoms with E-state index >= 15 is 0 Å². The van der Waals surface area contributed by atoms with Gasteiger partial charge in [-0.2, -0.15) is 5.26 Å². The van der Waals surface area contributed by atoms with E-state index in [0.29, 0.717) is 5.02 Å². The average Bonchev–Trinajstić information content (AvgIpc) is 2.87. The molecule has 0 spiro atoms. The number of carbonyl (C=O) groups is 2. The van der Waals surface area contributed by atoms with E-state index in [9.17, 15) is 14.9 Å². The second-order valence-corrected chi connectivity index (χ2v) is 5.57. The highest BCUT2D eigenvalue weighted by Gasteiger charge is 2.58. The van der Waals surface area contributed by atoms with Gasteiger partial charge in [0.05, 0.1) is 31.6 Å². The standard InChI is InChI=1S/C16H15ClN2O4/c1-22-14(20)16(15(21)23-2)7-11(12(8-18)13(16)19)9-3-5-10(17)6-4-9/h3-6,11H,7,19H2,1-2H3. The van der Waals surface area contributed by atoms with Crippen molar-refractivity contribution in [3.63, 3.8) is 0 Å². The highest BCUT2D eigenvalue weighted by Crippen LogP contribution is 2.50. The number of nitrogens with two attached hydrogens (primary N) is 1. The minimum absolute atomic E-state index is 0.0251. The minimum atomic E-state index is -1.81. The van der Waals surface area contributed by atoms with Gasteiger partial charge >= 0.3 is 11.9 Å². The SMILES string of the molecule is COC(=O)C1(C(=O)OC)CC(c2ccc(Cl)cc2)C(C#N)=C1N. The van der Waals surface area contributed by atoms with E-state index in [2.05, 4.69) is 0 Å². The van der Waals surface area contributed by atoms with Gasteiger partial charge in [-0.15, -0.1) is 0 Å². The van der Waals surface area contributed by atoms with Crippen molar-refractivity contribution < 1.29 is 19.1 Å². The van der Waals surface area contributed by atoms with Gasteiger partial charge in [-0.25, -0.2) is 0 Å². The first-order chi connectivity index (χ1) is 10.9. The van der Waals surface area contributed by atoms with Crippen molar-refractivity contribution >= 4 is 23.5 Å². The van der Waals surface area contributed by atoms with Gasteiger partial charge in [-0.1, -0.05) is 23.7 Å². The number of hydrogen-bond acceptors (Lipinski definition) is 6. The van der Waals surface area contributed by atoms with Gasteiger partial charge < -0.3 is 15.2 Å². The Kier molecular flexibility index (Phi) is 4.62. The average molecular weight is 335 g/mol. The van der Waals surface area contributed by atoms with Crippen LogP contribution in [0.15, 0.2) is 35.5 Å². The quantitative estimate of drug-likeness (QED) is 0.669. The molecule has 1 aromatic rings. The highest BCUT2D eigenvalue weighted by molar-refractivity contribution is 6.30. The Morgan fingerprint density at radius 3 is 2.22 bits per heavy atom. The number of ether oxygens (including phenoxy) is 2. The fraction of sp³-hybridized carbons (Fsp3) is 0.312. The first-order valence-corrected chi connectivity index (χ1v) is 7.12. The summed E-state index contributed by atoms with van der Waals surface area (Å²) in [5.74, 6) is -2.20. The normalized spacial score (nSPS) is 19.1. The molecule has 0 radical (unpaired) electrons. The Morgan fingerprint density at radius 1 is 1.26 bits per heavy atom. The number of allylic oxidation sites excluding steroid dienone is 1. The minimum Gasteiger partial charge on any atom is -0.468 e. The lowest BCUT2D eigenvalue weighted by atomic mass is 9.81. The smallest absolute Gasteiger partial charge is 0.329 e. The fourth-order valence-electron chi connectivity index (χ4n) is 2.87. The van der Waals surface area contributed by atoms with E-state index in [1.165, 1.54) is 0 Å². The van der Waals surface area contributed by atoms with Gasteiger partial charge in [0, 0.05) is 10.9 Å². The van der Waals surface area contributed by atoms with Crippen molar-refractivity contribution in [1.29, 1.82) is 5.26 Å². The van der Waals surface area contributed by atoms with Crippen LogP contribution in [0.5, 0.6) is 0 Å². The molecule has 0 amide bonds. The molecule has 1 unspecified atom stereocenters. The Bertz CT molecular complexity index is 703. The third-order valence-electron chi connectivity index (χ3n) is 4.07. The Balaban J connectivity index is 2.60. The maximum atomic E-state index is 12.3. The number of nitrogens with zero attached hydrogens (tertiary/aromatic N) is 1. The molecule has 0 aromatic heterocycles.